The number of ether oxygens (including phenoxy) is 2. The molecule has 2 aliphatic rings. The van der Waals surface area contributed by atoms with Crippen LogP contribution >= 0.6 is 12.2 Å². The Bertz CT molecular complexity index is 1330. The molecule has 1 saturated heterocycles. The van der Waals surface area contributed by atoms with Gasteiger partial charge in [0, 0.05) is 17.8 Å². The smallest absolute Gasteiger partial charge is 0.236 e. The summed E-state index contributed by atoms with van der Waals surface area (Å²) in [6.45, 7) is 9.08. The fraction of sp³-hybridized carbons (Fsp3) is 0.333. The Labute approximate surface area is 224 Å². The highest BCUT2D eigenvalue weighted by Gasteiger charge is 2.59. The number of carbonyl (C=O) groups is 1. The van der Waals surface area contributed by atoms with E-state index in [-0.39, 0.29) is 11.9 Å². The Kier molecular flexibility index (Phi) is 6.82. The Hall–Kier alpha value is -3.58. The first-order valence-electron chi connectivity index (χ1n) is 12.8. The number of fused-ring (bicyclic) bond motifs is 4. The van der Waals surface area contributed by atoms with E-state index in [0.29, 0.717) is 29.8 Å². The molecule has 37 heavy (non-hydrogen) atoms. The van der Waals surface area contributed by atoms with Gasteiger partial charge in [-0.3, -0.25) is 4.79 Å². The molecule has 0 saturated carbocycles. The van der Waals surface area contributed by atoms with Crippen LogP contribution in [0.2, 0.25) is 0 Å². The quantitative estimate of drug-likeness (QED) is 0.403. The molecule has 2 N–H and O–H groups in total. The van der Waals surface area contributed by atoms with Crippen molar-refractivity contribution in [2.75, 3.05) is 18.5 Å². The molecule has 7 heteroatoms. The van der Waals surface area contributed by atoms with E-state index in [2.05, 4.69) is 28.8 Å². The van der Waals surface area contributed by atoms with Crippen LogP contribution in [0.5, 0.6) is 11.5 Å². The van der Waals surface area contributed by atoms with Crippen molar-refractivity contribution in [1.82, 2.24) is 10.2 Å². The zero-order chi connectivity index (χ0) is 26.2. The number of benzene rings is 3. The third-order valence-corrected chi connectivity index (χ3v) is 7.65. The van der Waals surface area contributed by atoms with E-state index in [9.17, 15) is 4.79 Å². The van der Waals surface area contributed by atoms with Crippen molar-refractivity contribution in [3.8, 4) is 11.5 Å². The average molecular weight is 516 g/mol. The number of nitrogens with zero attached hydrogens (tertiary/aromatic N) is 1. The summed E-state index contributed by atoms with van der Waals surface area (Å²) in [6.07, 6.45) is 0.762. The molecule has 3 aromatic rings. The van der Waals surface area contributed by atoms with Crippen LogP contribution in [0, 0.1) is 19.8 Å². The maximum absolute atomic E-state index is 14.0. The standard InChI is InChI=1S/C30H33N3O3S/c1-5-35-24-13-9-12-22-26-25(28(34)31-23-15-14-19(2)18-20(23)3)30(4,36-27(22)24)33(29(37)32-26)17-16-21-10-7-6-8-11-21/h6-15,18,25-26H,5,16-17H2,1-4H3,(H,31,34)(H,32,37)/t25-,26-,30-/m0/s1. The number of amides is 1. The molecule has 0 aliphatic carbocycles. The van der Waals surface area contributed by atoms with Gasteiger partial charge in [0.2, 0.25) is 5.91 Å². The minimum atomic E-state index is -1.02. The summed E-state index contributed by atoms with van der Waals surface area (Å²) in [6, 6.07) is 21.7. The van der Waals surface area contributed by atoms with Crippen molar-refractivity contribution >= 4 is 28.9 Å². The molecule has 1 amide bonds. The van der Waals surface area contributed by atoms with Crippen LogP contribution in [-0.4, -0.2) is 34.8 Å². The van der Waals surface area contributed by atoms with E-state index in [1.807, 2.05) is 81.1 Å². The Morgan fingerprint density at radius 2 is 1.92 bits per heavy atom. The van der Waals surface area contributed by atoms with Gasteiger partial charge in [-0.1, -0.05) is 60.2 Å². The number of hydrogen-bond acceptors (Lipinski definition) is 4. The summed E-state index contributed by atoms with van der Waals surface area (Å²) in [4.78, 5) is 16.1. The van der Waals surface area contributed by atoms with Crippen molar-refractivity contribution < 1.29 is 14.3 Å². The third-order valence-electron chi connectivity index (χ3n) is 7.31. The zero-order valence-electron chi connectivity index (χ0n) is 21.7. The average Bonchev–Trinajstić information content (AvgIpc) is 2.86. The molecular formula is C30H33N3O3S. The highest BCUT2D eigenvalue weighted by atomic mass is 32.1. The second kappa shape index (κ2) is 10.1. The minimum Gasteiger partial charge on any atom is -0.490 e. The number of para-hydroxylation sites is 1. The SMILES string of the molecule is CCOc1cccc2c1O[C@@]1(C)[C@H](C(=O)Nc3ccc(C)cc3C)[C@H]2NC(=S)N1CCc1ccccc1. The van der Waals surface area contributed by atoms with Crippen LogP contribution in [-0.2, 0) is 11.2 Å². The molecule has 3 aromatic carbocycles. The summed E-state index contributed by atoms with van der Waals surface area (Å²) in [5, 5.41) is 7.24. The second-order valence-corrected chi connectivity index (χ2v) is 10.3. The molecule has 2 aliphatic heterocycles. The number of nitrogens with one attached hydrogen (secondary N) is 2. The van der Waals surface area contributed by atoms with Gasteiger partial charge in [0.05, 0.1) is 12.6 Å². The molecule has 0 unspecified atom stereocenters. The lowest BCUT2D eigenvalue weighted by Gasteiger charge is -2.56. The van der Waals surface area contributed by atoms with Crippen LogP contribution in [0.3, 0.4) is 0 Å². The first kappa shape index (κ1) is 25.1. The fourth-order valence-corrected chi connectivity index (χ4v) is 5.88. The zero-order valence-corrected chi connectivity index (χ0v) is 22.5. The molecular weight excluding hydrogens is 482 g/mol. The first-order valence-corrected chi connectivity index (χ1v) is 13.2. The number of anilines is 1. The van der Waals surface area contributed by atoms with Gasteiger partial charge >= 0.3 is 0 Å². The lowest BCUT2D eigenvalue weighted by atomic mass is 9.78. The van der Waals surface area contributed by atoms with Gasteiger partial charge in [-0.25, -0.2) is 0 Å². The van der Waals surface area contributed by atoms with Gasteiger partial charge in [0.25, 0.3) is 0 Å². The van der Waals surface area contributed by atoms with Crippen LogP contribution in [0.4, 0.5) is 5.69 Å². The highest BCUT2D eigenvalue weighted by molar-refractivity contribution is 7.80. The van der Waals surface area contributed by atoms with Crippen molar-refractivity contribution in [3.63, 3.8) is 0 Å². The fourth-order valence-electron chi connectivity index (χ4n) is 5.48. The molecule has 0 spiro atoms. The monoisotopic (exact) mass is 515 g/mol. The molecule has 2 heterocycles. The van der Waals surface area contributed by atoms with Crippen LogP contribution in [0.1, 0.15) is 42.1 Å². The maximum Gasteiger partial charge on any atom is 0.236 e. The van der Waals surface area contributed by atoms with Gasteiger partial charge in [0.1, 0.15) is 5.92 Å². The van der Waals surface area contributed by atoms with Crippen molar-refractivity contribution in [1.29, 1.82) is 0 Å². The predicted molar refractivity (Wildman–Crippen MR) is 150 cm³/mol. The molecule has 0 radical (unpaired) electrons. The number of carbonyl (C=O) groups excluding carboxylic acids is 1. The maximum atomic E-state index is 14.0. The van der Waals surface area contributed by atoms with Crippen molar-refractivity contribution in [3.05, 3.63) is 89.0 Å². The Morgan fingerprint density at radius 3 is 2.65 bits per heavy atom. The second-order valence-electron chi connectivity index (χ2n) is 9.86. The predicted octanol–water partition coefficient (Wildman–Crippen LogP) is 5.54. The van der Waals surface area contributed by atoms with E-state index in [0.717, 1.165) is 28.8 Å². The molecule has 0 aromatic heterocycles. The van der Waals surface area contributed by atoms with Gasteiger partial charge in [-0.05, 0) is 69.6 Å². The van der Waals surface area contributed by atoms with E-state index >= 15 is 0 Å². The Balaban J connectivity index is 1.55. The third kappa shape index (κ3) is 4.64. The first-order chi connectivity index (χ1) is 17.8. The summed E-state index contributed by atoms with van der Waals surface area (Å²) in [5.74, 6) is 0.640. The van der Waals surface area contributed by atoms with Crippen molar-refractivity contribution in [2.45, 2.75) is 45.9 Å². The van der Waals surface area contributed by atoms with Crippen LogP contribution in [0.25, 0.3) is 0 Å². The van der Waals surface area contributed by atoms with Gasteiger partial charge in [0.15, 0.2) is 22.3 Å². The summed E-state index contributed by atoms with van der Waals surface area (Å²) >= 11 is 5.86. The largest absolute Gasteiger partial charge is 0.490 e. The number of rotatable bonds is 7. The summed E-state index contributed by atoms with van der Waals surface area (Å²) in [5.41, 5.74) is 4.00. The number of hydrogen-bond donors (Lipinski definition) is 2. The summed E-state index contributed by atoms with van der Waals surface area (Å²) in [7, 11) is 0. The molecule has 3 atom stereocenters. The van der Waals surface area contributed by atoms with E-state index in [1.165, 1.54) is 5.56 Å². The van der Waals surface area contributed by atoms with Gasteiger partial charge in [-0.2, -0.15) is 0 Å². The van der Waals surface area contributed by atoms with Crippen molar-refractivity contribution in [2.24, 2.45) is 5.92 Å². The number of aryl methyl sites for hydroxylation is 2. The Morgan fingerprint density at radius 1 is 1.14 bits per heavy atom. The number of thiocarbonyl (C=S) groups is 1. The minimum absolute atomic E-state index is 0.119. The highest BCUT2D eigenvalue weighted by Crippen LogP contribution is 2.51. The lowest BCUT2D eigenvalue weighted by molar-refractivity contribution is -0.149. The topological polar surface area (TPSA) is 62.8 Å². The van der Waals surface area contributed by atoms with Crippen LogP contribution < -0.4 is 20.1 Å². The molecule has 5 rings (SSSR count). The lowest BCUT2D eigenvalue weighted by Crippen LogP contribution is -2.71. The van der Waals surface area contributed by atoms with Crippen LogP contribution in [0.15, 0.2) is 66.7 Å². The molecule has 6 nitrogen and oxygen atoms in total. The molecule has 192 valence electrons. The van der Waals surface area contributed by atoms with Gasteiger partial charge in [-0.15, -0.1) is 0 Å². The van der Waals surface area contributed by atoms with Gasteiger partial charge < -0.3 is 25.0 Å². The summed E-state index contributed by atoms with van der Waals surface area (Å²) < 4.78 is 12.7. The normalized spacial score (nSPS) is 21.9. The van der Waals surface area contributed by atoms with E-state index in [4.69, 9.17) is 21.7 Å². The van der Waals surface area contributed by atoms with E-state index < -0.39 is 11.6 Å². The molecule has 1 fully saturated rings. The molecule has 2 bridgehead atoms. The van der Waals surface area contributed by atoms with E-state index in [1.54, 1.807) is 0 Å².